The van der Waals surface area contributed by atoms with Gasteiger partial charge in [0.05, 0.1) is 5.69 Å². The van der Waals surface area contributed by atoms with E-state index in [2.05, 4.69) is 10.2 Å². The van der Waals surface area contributed by atoms with Gasteiger partial charge in [0.25, 0.3) is 5.91 Å². The van der Waals surface area contributed by atoms with Gasteiger partial charge in [-0.15, -0.1) is 0 Å². The van der Waals surface area contributed by atoms with Crippen molar-refractivity contribution in [2.24, 2.45) is 0 Å². The average molecular weight is 305 g/mol. The van der Waals surface area contributed by atoms with E-state index in [0.29, 0.717) is 11.3 Å². The molecule has 1 amide bonds. The molecule has 7 heteroatoms. The Hall–Kier alpha value is -2.70. The third kappa shape index (κ3) is 3.49. The van der Waals surface area contributed by atoms with E-state index < -0.39 is 11.9 Å². The highest BCUT2D eigenvalue weighted by Gasteiger charge is 2.23. The molecule has 1 heterocycles. The van der Waals surface area contributed by atoms with Crippen LogP contribution in [0.15, 0.2) is 30.3 Å². The number of H-pyrrole nitrogens is 1. The number of hydrogen-bond donors (Lipinski definition) is 2. The maximum atomic E-state index is 12.9. The Morgan fingerprint density at radius 3 is 2.50 bits per heavy atom. The number of aromatic nitrogens is 2. The maximum Gasteiger partial charge on any atom is 0.323 e. The molecule has 6 nitrogen and oxygen atoms in total. The molecule has 116 valence electrons. The van der Waals surface area contributed by atoms with E-state index >= 15 is 0 Å². The number of carbonyl (C=O) groups excluding carboxylic acids is 1. The summed E-state index contributed by atoms with van der Waals surface area (Å²) in [6.07, 6.45) is 0. The van der Waals surface area contributed by atoms with Crippen LogP contribution in [0.2, 0.25) is 0 Å². The Morgan fingerprint density at radius 1 is 1.32 bits per heavy atom. The van der Waals surface area contributed by atoms with Crippen LogP contribution >= 0.6 is 0 Å². The zero-order valence-electron chi connectivity index (χ0n) is 12.2. The van der Waals surface area contributed by atoms with E-state index in [1.54, 1.807) is 26.0 Å². The molecular formula is C15H16FN3O3. The number of nitrogens with one attached hydrogen (secondary N) is 1. The fourth-order valence-corrected chi connectivity index (χ4v) is 1.99. The lowest BCUT2D eigenvalue weighted by Gasteiger charge is -2.23. The van der Waals surface area contributed by atoms with Crippen molar-refractivity contribution in [3.05, 3.63) is 41.8 Å². The third-order valence-electron chi connectivity index (χ3n) is 3.14. The zero-order chi connectivity index (χ0) is 16.3. The highest BCUT2D eigenvalue weighted by Crippen LogP contribution is 2.19. The number of rotatable bonds is 5. The van der Waals surface area contributed by atoms with Gasteiger partial charge in [-0.25, -0.2) is 4.39 Å². The van der Waals surface area contributed by atoms with Crippen LogP contribution in [0.3, 0.4) is 0 Å². The minimum Gasteiger partial charge on any atom is -0.480 e. The van der Waals surface area contributed by atoms with Crippen molar-refractivity contribution in [1.82, 2.24) is 15.1 Å². The maximum absolute atomic E-state index is 12.9. The number of carboxylic acids is 1. The van der Waals surface area contributed by atoms with Gasteiger partial charge in [0.1, 0.15) is 18.1 Å². The molecule has 0 atom stereocenters. The molecule has 0 aliphatic heterocycles. The van der Waals surface area contributed by atoms with Crippen molar-refractivity contribution in [3.63, 3.8) is 0 Å². The highest BCUT2D eigenvalue weighted by molar-refractivity contribution is 5.95. The van der Waals surface area contributed by atoms with Gasteiger partial charge in [0.2, 0.25) is 0 Å². The summed E-state index contributed by atoms with van der Waals surface area (Å²) in [4.78, 5) is 24.4. The van der Waals surface area contributed by atoms with Gasteiger partial charge >= 0.3 is 5.97 Å². The standard InChI is InChI=1S/C15H16FN3O3/c1-9(2)19(8-14(20)21)15(22)13-7-12(17-18-13)10-3-5-11(16)6-4-10/h3-7,9H,8H2,1-2H3,(H,17,18)(H,20,21). The van der Waals surface area contributed by atoms with E-state index in [-0.39, 0.29) is 24.1 Å². The van der Waals surface area contributed by atoms with Gasteiger partial charge in [-0.2, -0.15) is 5.10 Å². The number of hydrogen-bond acceptors (Lipinski definition) is 3. The molecule has 2 rings (SSSR count). The van der Waals surface area contributed by atoms with Gasteiger partial charge < -0.3 is 10.0 Å². The minimum absolute atomic E-state index is 0.189. The van der Waals surface area contributed by atoms with Gasteiger partial charge in [0, 0.05) is 11.6 Å². The van der Waals surface area contributed by atoms with Crippen molar-refractivity contribution >= 4 is 11.9 Å². The smallest absolute Gasteiger partial charge is 0.323 e. The number of aliphatic carboxylic acids is 1. The summed E-state index contributed by atoms with van der Waals surface area (Å²) in [6, 6.07) is 6.97. The molecule has 0 aliphatic carbocycles. The van der Waals surface area contributed by atoms with Crippen LogP contribution in [0.5, 0.6) is 0 Å². The molecule has 0 fully saturated rings. The van der Waals surface area contributed by atoms with Gasteiger partial charge in [-0.1, -0.05) is 0 Å². The molecule has 2 aromatic rings. The summed E-state index contributed by atoms with van der Waals surface area (Å²) in [6.45, 7) is 3.08. The third-order valence-corrected chi connectivity index (χ3v) is 3.14. The highest BCUT2D eigenvalue weighted by atomic mass is 19.1. The molecular weight excluding hydrogens is 289 g/mol. The summed E-state index contributed by atoms with van der Waals surface area (Å²) in [5, 5.41) is 15.5. The molecule has 0 unspecified atom stereocenters. The number of amides is 1. The van der Waals surface area contributed by atoms with E-state index in [1.165, 1.54) is 23.1 Å². The number of aromatic amines is 1. The molecule has 22 heavy (non-hydrogen) atoms. The second kappa shape index (κ2) is 6.38. The van der Waals surface area contributed by atoms with Gasteiger partial charge in [-0.3, -0.25) is 14.7 Å². The van der Waals surface area contributed by atoms with E-state index in [4.69, 9.17) is 5.11 Å². The second-order valence-corrected chi connectivity index (χ2v) is 5.09. The molecule has 2 N–H and O–H groups in total. The number of carbonyl (C=O) groups is 2. The SMILES string of the molecule is CC(C)N(CC(=O)O)C(=O)c1cc(-c2ccc(F)cc2)n[nH]1. The molecule has 0 saturated carbocycles. The van der Waals surface area contributed by atoms with E-state index in [1.807, 2.05) is 0 Å². The predicted octanol–water partition coefficient (Wildman–Crippen LogP) is 2.15. The molecule has 1 aromatic carbocycles. The molecule has 0 aliphatic rings. The molecule has 0 bridgehead atoms. The zero-order valence-corrected chi connectivity index (χ0v) is 12.2. The van der Waals surface area contributed by atoms with Crippen molar-refractivity contribution < 1.29 is 19.1 Å². The molecule has 0 saturated heterocycles. The topological polar surface area (TPSA) is 86.3 Å². The quantitative estimate of drug-likeness (QED) is 0.886. The van der Waals surface area contributed by atoms with Crippen molar-refractivity contribution in [2.75, 3.05) is 6.54 Å². The lowest BCUT2D eigenvalue weighted by molar-refractivity contribution is -0.138. The summed E-state index contributed by atoms with van der Waals surface area (Å²) >= 11 is 0. The molecule has 0 radical (unpaired) electrons. The first kappa shape index (κ1) is 15.7. The lowest BCUT2D eigenvalue weighted by atomic mass is 10.1. The van der Waals surface area contributed by atoms with Crippen LogP contribution in [0, 0.1) is 5.82 Å². The largest absolute Gasteiger partial charge is 0.480 e. The summed E-state index contributed by atoms with van der Waals surface area (Å²) in [5.74, 6) is -1.89. The Morgan fingerprint density at radius 2 is 1.95 bits per heavy atom. The molecule has 1 aromatic heterocycles. The van der Waals surface area contributed by atoms with E-state index in [9.17, 15) is 14.0 Å². The monoisotopic (exact) mass is 305 g/mol. The Kier molecular flexibility index (Phi) is 4.55. The van der Waals surface area contributed by atoms with Crippen molar-refractivity contribution in [3.8, 4) is 11.3 Å². The minimum atomic E-state index is -1.08. The normalized spacial score (nSPS) is 10.7. The summed E-state index contributed by atoms with van der Waals surface area (Å²) < 4.78 is 12.9. The van der Waals surface area contributed by atoms with Crippen LogP contribution in [-0.2, 0) is 4.79 Å². The first-order chi connectivity index (χ1) is 10.4. The van der Waals surface area contributed by atoms with Crippen LogP contribution in [-0.4, -0.2) is 44.7 Å². The predicted molar refractivity (Wildman–Crippen MR) is 77.8 cm³/mol. The first-order valence-electron chi connectivity index (χ1n) is 6.72. The van der Waals surface area contributed by atoms with Crippen LogP contribution in [0.1, 0.15) is 24.3 Å². The van der Waals surface area contributed by atoms with Crippen LogP contribution in [0.4, 0.5) is 4.39 Å². The fraction of sp³-hybridized carbons (Fsp3) is 0.267. The van der Waals surface area contributed by atoms with Gasteiger partial charge in [0.15, 0.2) is 0 Å². The summed E-state index contributed by atoms with van der Waals surface area (Å²) in [5.41, 5.74) is 1.34. The number of nitrogens with zero attached hydrogens (tertiary/aromatic N) is 2. The number of benzene rings is 1. The first-order valence-corrected chi connectivity index (χ1v) is 6.72. The summed E-state index contributed by atoms with van der Waals surface area (Å²) in [7, 11) is 0. The fourth-order valence-electron chi connectivity index (χ4n) is 1.99. The Bertz CT molecular complexity index is 680. The Balaban J connectivity index is 2.24. The van der Waals surface area contributed by atoms with Crippen LogP contribution < -0.4 is 0 Å². The van der Waals surface area contributed by atoms with Gasteiger partial charge in [-0.05, 0) is 44.2 Å². The average Bonchev–Trinajstić information content (AvgIpc) is 2.94. The van der Waals surface area contributed by atoms with Crippen molar-refractivity contribution in [2.45, 2.75) is 19.9 Å². The van der Waals surface area contributed by atoms with E-state index in [0.717, 1.165) is 0 Å². The Labute approximate surface area is 126 Å². The van der Waals surface area contributed by atoms with Crippen molar-refractivity contribution in [1.29, 1.82) is 0 Å². The second-order valence-electron chi connectivity index (χ2n) is 5.09. The number of halogens is 1. The molecule has 0 spiro atoms. The number of carboxylic acid groups (broad SMARTS) is 1. The lowest BCUT2D eigenvalue weighted by Crippen LogP contribution is -2.40. The van der Waals surface area contributed by atoms with Crippen LogP contribution in [0.25, 0.3) is 11.3 Å².